The second-order valence-electron chi connectivity index (χ2n) is 5.33. The first-order valence-electron chi connectivity index (χ1n) is 6.60. The van der Waals surface area contributed by atoms with Crippen molar-refractivity contribution in [3.63, 3.8) is 0 Å². The number of rotatable bonds is 1. The van der Waals surface area contributed by atoms with Crippen LogP contribution in [0.4, 0.5) is 0 Å². The summed E-state index contributed by atoms with van der Waals surface area (Å²) in [7, 11) is 0. The number of aromatic nitrogens is 2. The maximum Gasteiger partial charge on any atom is 0.139 e. The highest BCUT2D eigenvalue weighted by Crippen LogP contribution is 2.28. The van der Waals surface area contributed by atoms with Gasteiger partial charge in [-0.15, -0.1) is 0 Å². The summed E-state index contributed by atoms with van der Waals surface area (Å²) in [6.07, 6.45) is 0. The van der Waals surface area contributed by atoms with Gasteiger partial charge in [-0.1, -0.05) is 29.8 Å². The number of para-hydroxylation sites is 1. The molecular formula is C17H18N2. The van der Waals surface area contributed by atoms with Crippen LogP contribution in [0, 0.1) is 27.7 Å². The Bertz CT molecular complexity index is 743. The fraction of sp³-hybridized carbons (Fsp3) is 0.235. The number of imidazole rings is 1. The minimum atomic E-state index is 0.972. The van der Waals surface area contributed by atoms with E-state index >= 15 is 0 Å². The average Bonchev–Trinajstić information content (AvgIpc) is 2.72. The predicted octanol–water partition coefficient (Wildman–Crippen LogP) is 4.46. The van der Waals surface area contributed by atoms with E-state index in [9.17, 15) is 0 Å². The summed E-state index contributed by atoms with van der Waals surface area (Å²) in [6.45, 7) is 8.53. The second-order valence-corrected chi connectivity index (χ2v) is 5.33. The first kappa shape index (κ1) is 12.0. The number of nitrogens with one attached hydrogen (secondary N) is 1. The van der Waals surface area contributed by atoms with Crippen LogP contribution in [0.1, 0.15) is 22.3 Å². The summed E-state index contributed by atoms with van der Waals surface area (Å²) in [5, 5.41) is 0. The lowest BCUT2D eigenvalue weighted by molar-refractivity contribution is 1.25. The third kappa shape index (κ3) is 1.93. The molecule has 0 radical (unpaired) electrons. The van der Waals surface area contributed by atoms with E-state index in [1.54, 1.807) is 0 Å². The Morgan fingerprint density at radius 3 is 2.21 bits per heavy atom. The van der Waals surface area contributed by atoms with Gasteiger partial charge in [-0.2, -0.15) is 0 Å². The summed E-state index contributed by atoms with van der Waals surface area (Å²) in [6, 6.07) is 10.7. The summed E-state index contributed by atoms with van der Waals surface area (Å²) >= 11 is 0. The maximum absolute atomic E-state index is 4.78. The fourth-order valence-corrected chi connectivity index (χ4v) is 2.85. The molecule has 0 aliphatic heterocycles. The van der Waals surface area contributed by atoms with Crippen LogP contribution in [0.15, 0.2) is 30.3 Å². The molecule has 2 aromatic carbocycles. The van der Waals surface area contributed by atoms with Crippen molar-refractivity contribution in [3.8, 4) is 11.4 Å². The highest BCUT2D eigenvalue weighted by molar-refractivity contribution is 5.83. The van der Waals surface area contributed by atoms with Crippen LogP contribution in [-0.4, -0.2) is 9.97 Å². The van der Waals surface area contributed by atoms with Crippen LogP contribution < -0.4 is 0 Å². The summed E-state index contributed by atoms with van der Waals surface area (Å²) in [5.74, 6) is 0.972. The van der Waals surface area contributed by atoms with E-state index in [-0.39, 0.29) is 0 Å². The highest BCUT2D eigenvalue weighted by Gasteiger charge is 2.11. The van der Waals surface area contributed by atoms with Crippen LogP contribution in [0.3, 0.4) is 0 Å². The molecule has 0 atom stereocenters. The van der Waals surface area contributed by atoms with Crippen molar-refractivity contribution in [3.05, 3.63) is 52.6 Å². The number of H-pyrrole nitrogens is 1. The van der Waals surface area contributed by atoms with Crippen molar-refractivity contribution in [2.45, 2.75) is 27.7 Å². The van der Waals surface area contributed by atoms with Gasteiger partial charge in [-0.3, -0.25) is 0 Å². The van der Waals surface area contributed by atoms with E-state index in [0.717, 1.165) is 16.9 Å². The largest absolute Gasteiger partial charge is 0.338 e. The lowest BCUT2D eigenvalue weighted by Gasteiger charge is -2.08. The molecule has 2 heteroatoms. The molecule has 1 aromatic heterocycles. The molecule has 19 heavy (non-hydrogen) atoms. The van der Waals surface area contributed by atoms with Crippen molar-refractivity contribution in [1.29, 1.82) is 0 Å². The molecule has 0 saturated carbocycles. The number of hydrogen-bond acceptors (Lipinski definition) is 1. The summed E-state index contributed by atoms with van der Waals surface area (Å²) in [5.41, 5.74) is 8.45. The summed E-state index contributed by atoms with van der Waals surface area (Å²) in [4.78, 5) is 8.22. The molecule has 0 spiro atoms. The van der Waals surface area contributed by atoms with Gasteiger partial charge in [-0.05, 0) is 50.5 Å². The third-order valence-electron chi connectivity index (χ3n) is 3.63. The first-order valence-corrected chi connectivity index (χ1v) is 6.60. The predicted molar refractivity (Wildman–Crippen MR) is 80.5 cm³/mol. The quantitative estimate of drug-likeness (QED) is 0.678. The molecule has 0 fully saturated rings. The van der Waals surface area contributed by atoms with E-state index in [0.29, 0.717) is 0 Å². The first-order chi connectivity index (χ1) is 9.06. The molecule has 96 valence electrons. The molecule has 0 unspecified atom stereocenters. The van der Waals surface area contributed by atoms with E-state index < -0.39 is 0 Å². The number of aryl methyl sites for hydroxylation is 4. The molecule has 0 bridgehead atoms. The molecular weight excluding hydrogens is 232 g/mol. The number of fused-ring (bicyclic) bond motifs is 1. The van der Waals surface area contributed by atoms with Gasteiger partial charge in [-0.25, -0.2) is 4.98 Å². The minimum Gasteiger partial charge on any atom is -0.338 e. The van der Waals surface area contributed by atoms with Crippen LogP contribution in [0.5, 0.6) is 0 Å². The number of aromatic amines is 1. The van der Waals surface area contributed by atoms with E-state index in [1.807, 2.05) is 0 Å². The van der Waals surface area contributed by atoms with E-state index in [2.05, 4.69) is 63.0 Å². The van der Waals surface area contributed by atoms with Gasteiger partial charge >= 0.3 is 0 Å². The van der Waals surface area contributed by atoms with Crippen molar-refractivity contribution >= 4 is 11.0 Å². The van der Waals surface area contributed by atoms with Crippen LogP contribution in [0.25, 0.3) is 22.4 Å². The zero-order valence-corrected chi connectivity index (χ0v) is 11.8. The molecule has 0 aliphatic carbocycles. The van der Waals surface area contributed by atoms with E-state index in [1.165, 1.54) is 27.8 Å². The van der Waals surface area contributed by atoms with Gasteiger partial charge in [0.25, 0.3) is 0 Å². The molecule has 1 N–H and O–H groups in total. The van der Waals surface area contributed by atoms with Crippen molar-refractivity contribution in [2.24, 2.45) is 0 Å². The molecule has 0 amide bonds. The van der Waals surface area contributed by atoms with Crippen LogP contribution in [0.2, 0.25) is 0 Å². The fourth-order valence-electron chi connectivity index (χ4n) is 2.85. The average molecular weight is 250 g/mol. The van der Waals surface area contributed by atoms with E-state index in [4.69, 9.17) is 4.98 Å². The normalized spacial score (nSPS) is 11.2. The molecule has 3 aromatic rings. The van der Waals surface area contributed by atoms with Gasteiger partial charge in [0.05, 0.1) is 11.0 Å². The van der Waals surface area contributed by atoms with Gasteiger partial charge in [0.15, 0.2) is 0 Å². The standard InChI is InChI=1S/C17H18N2/c1-10-8-12(3)15(13(4)9-10)17-18-14-7-5-6-11(2)16(14)19-17/h5-9H,1-4H3,(H,18,19). The van der Waals surface area contributed by atoms with Crippen molar-refractivity contribution < 1.29 is 0 Å². The maximum atomic E-state index is 4.78. The summed E-state index contributed by atoms with van der Waals surface area (Å²) < 4.78 is 0. The zero-order chi connectivity index (χ0) is 13.6. The smallest absolute Gasteiger partial charge is 0.139 e. The lowest BCUT2D eigenvalue weighted by Crippen LogP contribution is -1.91. The monoisotopic (exact) mass is 250 g/mol. The molecule has 2 nitrogen and oxygen atoms in total. The third-order valence-corrected chi connectivity index (χ3v) is 3.63. The Morgan fingerprint density at radius 2 is 1.58 bits per heavy atom. The number of nitrogens with zero attached hydrogens (tertiary/aromatic N) is 1. The highest BCUT2D eigenvalue weighted by atomic mass is 14.9. The molecule has 3 rings (SSSR count). The second kappa shape index (κ2) is 4.23. The Hall–Kier alpha value is -2.09. The van der Waals surface area contributed by atoms with Gasteiger partial charge in [0.2, 0.25) is 0 Å². The van der Waals surface area contributed by atoms with Gasteiger partial charge < -0.3 is 4.98 Å². The Morgan fingerprint density at radius 1 is 0.895 bits per heavy atom. The SMILES string of the molecule is Cc1cc(C)c(-c2nc3c(C)cccc3[nH]2)c(C)c1. The van der Waals surface area contributed by atoms with Gasteiger partial charge in [0.1, 0.15) is 5.82 Å². The Balaban J connectivity index is 2.28. The lowest BCUT2D eigenvalue weighted by atomic mass is 9.99. The van der Waals surface area contributed by atoms with Crippen molar-refractivity contribution in [2.75, 3.05) is 0 Å². The number of hydrogen-bond donors (Lipinski definition) is 1. The van der Waals surface area contributed by atoms with Crippen LogP contribution in [-0.2, 0) is 0 Å². The number of benzene rings is 2. The molecule has 0 saturated heterocycles. The zero-order valence-electron chi connectivity index (χ0n) is 11.8. The van der Waals surface area contributed by atoms with Gasteiger partial charge in [0, 0.05) is 5.56 Å². The Kier molecular flexibility index (Phi) is 2.67. The minimum absolute atomic E-state index is 0.972. The van der Waals surface area contributed by atoms with Crippen LogP contribution >= 0.6 is 0 Å². The molecule has 0 aliphatic rings. The Labute approximate surface area is 113 Å². The van der Waals surface area contributed by atoms with Crippen molar-refractivity contribution in [1.82, 2.24) is 9.97 Å². The topological polar surface area (TPSA) is 28.7 Å². The molecule has 1 heterocycles.